The highest BCUT2D eigenvalue weighted by Crippen LogP contribution is 2.51. The molecule has 9 heteroatoms. The second-order valence-electron chi connectivity index (χ2n) is 7.90. The predicted molar refractivity (Wildman–Crippen MR) is 121 cm³/mol. The fraction of sp³-hybridized carbons (Fsp3) is 0.304. The Morgan fingerprint density at radius 1 is 1.16 bits per heavy atom. The van der Waals surface area contributed by atoms with E-state index in [1.807, 2.05) is 48.3 Å². The topological polar surface area (TPSA) is 78.1 Å². The van der Waals surface area contributed by atoms with Gasteiger partial charge in [0.05, 0.1) is 24.4 Å². The van der Waals surface area contributed by atoms with Crippen molar-refractivity contribution < 1.29 is 19.3 Å². The number of ether oxygens (including phenoxy) is 3. The lowest BCUT2D eigenvalue weighted by Gasteiger charge is -2.36. The van der Waals surface area contributed by atoms with E-state index >= 15 is 0 Å². The van der Waals surface area contributed by atoms with Crippen LogP contribution in [0.4, 0.5) is 0 Å². The number of hydrogen-bond donors (Lipinski definition) is 1. The average molecular weight is 454 g/mol. The van der Waals surface area contributed by atoms with Gasteiger partial charge in [-0.3, -0.25) is 18.8 Å². The number of aromatic hydroxyl groups is 1. The number of hydrogen-bond acceptors (Lipinski definition) is 7. The molecule has 0 amide bonds. The Kier molecular flexibility index (Phi) is 4.94. The van der Waals surface area contributed by atoms with Crippen LogP contribution in [-0.2, 0) is 13.5 Å². The normalized spacial score (nSPS) is 17.3. The van der Waals surface area contributed by atoms with E-state index in [1.165, 1.54) is 9.13 Å². The minimum Gasteiger partial charge on any atom is -0.494 e. The summed E-state index contributed by atoms with van der Waals surface area (Å²) in [5, 5.41) is 11.1. The molecule has 0 saturated heterocycles. The molecule has 1 N–H and O–H groups in total. The second kappa shape index (κ2) is 7.68. The van der Waals surface area contributed by atoms with Crippen LogP contribution >= 0.6 is 12.2 Å². The van der Waals surface area contributed by atoms with Gasteiger partial charge in [-0.25, -0.2) is 0 Å². The smallest absolute Gasteiger partial charge is 0.267 e. The van der Waals surface area contributed by atoms with E-state index in [0.717, 1.165) is 17.5 Å². The molecule has 0 fully saturated rings. The van der Waals surface area contributed by atoms with Crippen LogP contribution in [0.3, 0.4) is 0 Å². The maximum atomic E-state index is 13.9. The maximum Gasteiger partial charge on any atom is 0.267 e. The number of likely N-dealkylation sites (N-methyl/N-ethyl adjacent to an activating group) is 1. The molecule has 5 rings (SSSR count). The van der Waals surface area contributed by atoms with Crippen LogP contribution < -0.4 is 19.8 Å². The number of methoxy groups -OCH3 is 1. The standard InChI is InChI=1S/C23H23N3O5S/c1-24-10-9-13-11-15-19(31-12-30-15)20(29-3)16(13)18(24)17-21(27)25(2)23(32)26(22(17)28)14-7-5-4-6-8-14/h4-8,11,18,27H,9-10,12H2,1-3H3/t18-/m1/s1. The molecule has 2 aliphatic heterocycles. The van der Waals surface area contributed by atoms with E-state index < -0.39 is 6.04 Å². The zero-order chi connectivity index (χ0) is 22.6. The van der Waals surface area contributed by atoms with Crippen molar-refractivity contribution in [3.63, 3.8) is 0 Å². The Morgan fingerprint density at radius 3 is 2.62 bits per heavy atom. The number of rotatable bonds is 3. The summed E-state index contributed by atoms with van der Waals surface area (Å²) < 4.78 is 20.1. The Hall–Kier alpha value is -3.30. The zero-order valence-electron chi connectivity index (χ0n) is 18.0. The molecule has 166 valence electrons. The molecule has 2 aliphatic rings. The minimum atomic E-state index is -0.563. The van der Waals surface area contributed by atoms with Crippen LogP contribution in [0.15, 0.2) is 41.2 Å². The van der Waals surface area contributed by atoms with Crippen LogP contribution in [0.2, 0.25) is 0 Å². The highest BCUT2D eigenvalue weighted by molar-refractivity contribution is 7.71. The van der Waals surface area contributed by atoms with Crippen LogP contribution in [0.1, 0.15) is 22.7 Å². The summed E-state index contributed by atoms with van der Waals surface area (Å²) in [5.74, 6) is 1.48. The summed E-state index contributed by atoms with van der Waals surface area (Å²) in [7, 11) is 5.14. The number of benzene rings is 2. The zero-order valence-corrected chi connectivity index (χ0v) is 18.8. The van der Waals surface area contributed by atoms with E-state index in [4.69, 9.17) is 26.4 Å². The van der Waals surface area contributed by atoms with Crippen molar-refractivity contribution in [1.82, 2.24) is 14.0 Å². The van der Waals surface area contributed by atoms with Gasteiger partial charge in [0.1, 0.15) is 0 Å². The van der Waals surface area contributed by atoms with Gasteiger partial charge in [-0.2, -0.15) is 0 Å². The van der Waals surface area contributed by atoms with Gasteiger partial charge in [-0.15, -0.1) is 0 Å². The van der Waals surface area contributed by atoms with Gasteiger partial charge in [0.15, 0.2) is 16.3 Å². The third-order valence-corrected chi connectivity index (χ3v) is 6.61. The van der Waals surface area contributed by atoms with Crippen molar-refractivity contribution in [2.45, 2.75) is 12.5 Å². The first kappa shape index (κ1) is 20.6. The summed E-state index contributed by atoms with van der Waals surface area (Å²) in [4.78, 5) is 15.9. The van der Waals surface area contributed by atoms with Gasteiger partial charge < -0.3 is 19.3 Å². The molecule has 0 saturated carbocycles. The van der Waals surface area contributed by atoms with Crippen molar-refractivity contribution in [3.8, 4) is 28.8 Å². The molecule has 32 heavy (non-hydrogen) atoms. The summed E-state index contributed by atoms with van der Waals surface area (Å²) in [6.45, 7) is 0.796. The third kappa shape index (κ3) is 2.92. The third-order valence-electron chi connectivity index (χ3n) is 6.15. The van der Waals surface area contributed by atoms with Gasteiger partial charge in [-0.05, 0) is 49.4 Å². The van der Waals surface area contributed by atoms with Gasteiger partial charge in [0.25, 0.3) is 5.56 Å². The summed E-state index contributed by atoms with van der Waals surface area (Å²) in [6.07, 6.45) is 0.744. The molecule has 3 aromatic rings. The molecular weight excluding hydrogens is 430 g/mol. The molecule has 0 spiro atoms. The van der Waals surface area contributed by atoms with Crippen molar-refractivity contribution in [1.29, 1.82) is 0 Å². The quantitative estimate of drug-likeness (QED) is 0.611. The second-order valence-corrected chi connectivity index (χ2v) is 8.27. The van der Waals surface area contributed by atoms with Crippen molar-refractivity contribution in [2.24, 2.45) is 7.05 Å². The van der Waals surface area contributed by atoms with E-state index in [-0.39, 0.29) is 28.6 Å². The highest BCUT2D eigenvalue weighted by Gasteiger charge is 2.38. The van der Waals surface area contributed by atoms with Crippen LogP contribution in [-0.4, -0.2) is 46.6 Å². The van der Waals surface area contributed by atoms with Gasteiger partial charge in [0.2, 0.25) is 18.4 Å². The van der Waals surface area contributed by atoms with Gasteiger partial charge in [0, 0.05) is 19.2 Å². The Bertz CT molecular complexity index is 1330. The fourth-order valence-corrected chi connectivity index (χ4v) is 4.84. The molecule has 8 nitrogen and oxygen atoms in total. The van der Waals surface area contributed by atoms with E-state index in [1.54, 1.807) is 14.2 Å². The van der Waals surface area contributed by atoms with Crippen molar-refractivity contribution in [2.75, 3.05) is 27.5 Å². The van der Waals surface area contributed by atoms with Crippen LogP contribution in [0.5, 0.6) is 23.1 Å². The molecule has 0 bridgehead atoms. The Morgan fingerprint density at radius 2 is 1.91 bits per heavy atom. The number of para-hydroxylation sites is 1. The van der Waals surface area contributed by atoms with E-state index in [9.17, 15) is 9.90 Å². The average Bonchev–Trinajstić information content (AvgIpc) is 3.27. The lowest BCUT2D eigenvalue weighted by molar-refractivity contribution is 0.170. The Labute approximate surface area is 189 Å². The van der Waals surface area contributed by atoms with Crippen LogP contribution in [0, 0.1) is 4.77 Å². The number of aromatic nitrogens is 2. The van der Waals surface area contributed by atoms with Crippen molar-refractivity contribution in [3.05, 3.63) is 68.2 Å². The number of fused-ring (bicyclic) bond motifs is 2. The largest absolute Gasteiger partial charge is 0.494 e. The van der Waals surface area contributed by atoms with Crippen molar-refractivity contribution >= 4 is 12.2 Å². The summed E-state index contributed by atoms with van der Waals surface area (Å²) >= 11 is 5.52. The lowest BCUT2D eigenvalue weighted by Crippen LogP contribution is -2.38. The first-order valence-electron chi connectivity index (χ1n) is 10.2. The molecule has 2 aromatic carbocycles. The summed E-state index contributed by atoms with van der Waals surface area (Å²) in [6, 6.07) is 10.6. The SMILES string of the molecule is COc1c2c(cc3c1[C@H](c1c(O)n(C)c(=S)n(-c4ccccc4)c1=O)N(C)CC3)OCO2. The molecule has 0 aliphatic carbocycles. The molecule has 1 atom stereocenters. The molecule has 0 radical (unpaired) electrons. The molecular formula is C23H23N3O5S. The molecule has 3 heterocycles. The molecule has 0 unspecified atom stereocenters. The van der Waals surface area contributed by atoms with E-state index in [0.29, 0.717) is 29.5 Å². The number of nitrogens with zero attached hydrogens (tertiary/aromatic N) is 3. The predicted octanol–water partition coefficient (Wildman–Crippen LogP) is 2.93. The first-order valence-corrected chi connectivity index (χ1v) is 10.6. The Balaban J connectivity index is 1.83. The first-order chi connectivity index (χ1) is 15.4. The lowest BCUT2D eigenvalue weighted by atomic mass is 9.87. The highest BCUT2D eigenvalue weighted by atomic mass is 32.1. The van der Waals surface area contributed by atoms with Gasteiger partial charge in [-0.1, -0.05) is 18.2 Å². The van der Waals surface area contributed by atoms with Crippen LogP contribution in [0.25, 0.3) is 5.69 Å². The summed E-state index contributed by atoms with van der Waals surface area (Å²) in [5.41, 5.74) is 2.27. The minimum absolute atomic E-state index is 0.112. The fourth-order valence-electron chi connectivity index (χ4n) is 4.57. The molecule has 1 aromatic heterocycles. The monoisotopic (exact) mass is 453 g/mol. The maximum absolute atomic E-state index is 13.9. The van der Waals surface area contributed by atoms with E-state index in [2.05, 4.69) is 0 Å². The van der Waals surface area contributed by atoms with Gasteiger partial charge >= 0.3 is 0 Å².